The standard InChI is InChI=1S/C13H17NO/c1-9(15)8-14-11(3)10(2)12-6-4-5-7-13(12)14/h4-7,9,15H,8H2,1-3H3. The minimum atomic E-state index is -0.307. The molecule has 0 aliphatic heterocycles. The molecule has 0 amide bonds. The Balaban J connectivity index is 2.66. The van der Waals surface area contributed by atoms with E-state index in [-0.39, 0.29) is 6.10 Å². The van der Waals surface area contributed by atoms with E-state index in [2.05, 4.69) is 36.6 Å². The number of aliphatic hydroxyl groups is 1. The van der Waals surface area contributed by atoms with E-state index in [0.29, 0.717) is 6.54 Å². The maximum Gasteiger partial charge on any atom is 0.0691 e. The summed E-state index contributed by atoms with van der Waals surface area (Å²) in [5.74, 6) is 0. The second kappa shape index (κ2) is 3.70. The van der Waals surface area contributed by atoms with Crippen LogP contribution >= 0.6 is 0 Å². The zero-order valence-corrected chi connectivity index (χ0v) is 9.49. The summed E-state index contributed by atoms with van der Waals surface area (Å²) >= 11 is 0. The van der Waals surface area contributed by atoms with E-state index < -0.39 is 0 Å². The van der Waals surface area contributed by atoms with E-state index in [1.54, 1.807) is 0 Å². The molecule has 1 unspecified atom stereocenters. The van der Waals surface area contributed by atoms with Gasteiger partial charge in [0.1, 0.15) is 0 Å². The van der Waals surface area contributed by atoms with Crippen molar-refractivity contribution >= 4 is 10.9 Å². The first-order valence-electron chi connectivity index (χ1n) is 5.33. The first-order valence-corrected chi connectivity index (χ1v) is 5.33. The van der Waals surface area contributed by atoms with E-state index in [1.165, 1.54) is 22.2 Å². The van der Waals surface area contributed by atoms with Crippen LogP contribution in [0.25, 0.3) is 10.9 Å². The van der Waals surface area contributed by atoms with Gasteiger partial charge in [0.2, 0.25) is 0 Å². The first kappa shape index (κ1) is 10.2. The second-order valence-electron chi connectivity index (χ2n) is 4.19. The van der Waals surface area contributed by atoms with E-state index in [0.717, 1.165) is 0 Å². The van der Waals surface area contributed by atoms with Gasteiger partial charge in [-0.2, -0.15) is 0 Å². The molecule has 15 heavy (non-hydrogen) atoms. The van der Waals surface area contributed by atoms with Crippen LogP contribution in [0.2, 0.25) is 0 Å². The average Bonchev–Trinajstić information content (AvgIpc) is 2.44. The summed E-state index contributed by atoms with van der Waals surface area (Å²) in [7, 11) is 0. The summed E-state index contributed by atoms with van der Waals surface area (Å²) in [4.78, 5) is 0. The van der Waals surface area contributed by atoms with Crippen LogP contribution in [-0.4, -0.2) is 15.8 Å². The molecule has 2 rings (SSSR count). The van der Waals surface area contributed by atoms with Crippen LogP contribution in [0.3, 0.4) is 0 Å². The van der Waals surface area contributed by atoms with Gasteiger partial charge in [0.05, 0.1) is 6.10 Å². The van der Waals surface area contributed by atoms with Crippen molar-refractivity contribution in [3.8, 4) is 0 Å². The predicted octanol–water partition coefficient (Wildman–Crippen LogP) is 2.64. The van der Waals surface area contributed by atoms with Crippen molar-refractivity contribution in [2.24, 2.45) is 0 Å². The number of benzene rings is 1. The number of para-hydroxylation sites is 1. The smallest absolute Gasteiger partial charge is 0.0691 e. The van der Waals surface area contributed by atoms with Gasteiger partial charge in [-0.05, 0) is 32.4 Å². The predicted molar refractivity (Wildman–Crippen MR) is 63.1 cm³/mol. The van der Waals surface area contributed by atoms with Gasteiger partial charge < -0.3 is 9.67 Å². The van der Waals surface area contributed by atoms with Crippen LogP contribution < -0.4 is 0 Å². The van der Waals surface area contributed by atoms with Gasteiger partial charge >= 0.3 is 0 Å². The third kappa shape index (κ3) is 1.65. The van der Waals surface area contributed by atoms with Gasteiger partial charge in [-0.3, -0.25) is 0 Å². The summed E-state index contributed by atoms with van der Waals surface area (Å²) in [6, 6.07) is 8.34. The van der Waals surface area contributed by atoms with E-state index >= 15 is 0 Å². The van der Waals surface area contributed by atoms with Crippen molar-refractivity contribution in [1.82, 2.24) is 4.57 Å². The number of aliphatic hydroxyl groups excluding tert-OH is 1. The van der Waals surface area contributed by atoms with Crippen molar-refractivity contribution in [2.75, 3.05) is 0 Å². The van der Waals surface area contributed by atoms with Crippen molar-refractivity contribution < 1.29 is 5.11 Å². The molecule has 2 nitrogen and oxygen atoms in total. The molecule has 1 aromatic carbocycles. The van der Waals surface area contributed by atoms with Crippen molar-refractivity contribution in [2.45, 2.75) is 33.4 Å². The molecule has 0 saturated heterocycles. The Kier molecular flexibility index (Phi) is 2.53. The van der Waals surface area contributed by atoms with Crippen LogP contribution in [0.4, 0.5) is 0 Å². The quantitative estimate of drug-likeness (QED) is 0.797. The van der Waals surface area contributed by atoms with Gasteiger partial charge in [0.15, 0.2) is 0 Å². The molecular formula is C13H17NO. The number of aromatic nitrogens is 1. The summed E-state index contributed by atoms with van der Waals surface area (Å²) in [5, 5.41) is 10.8. The van der Waals surface area contributed by atoms with E-state index in [9.17, 15) is 5.11 Å². The minimum Gasteiger partial charge on any atom is -0.392 e. The molecule has 2 aromatic rings. The van der Waals surface area contributed by atoms with Gasteiger partial charge in [-0.25, -0.2) is 0 Å². The van der Waals surface area contributed by atoms with Gasteiger partial charge in [-0.15, -0.1) is 0 Å². The zero-order chi connectivity index (χ0) is 11.0. The summed E-state index contributed by atoms with van der Waals surface area (Å²) in [6.45, 7) is 6.73. The average molecular weight is 203 g/mol. The van der Waals surface area contributed by atoms with Gasteiger partial charge in [0, 0.05) is 23.1 Å². The fourth-order valence-electron chi connectivity index (χ4n) is 2.10. The monoisotopic (exact) mass is 203 g/mol. The number of hydrogen-bond donors (Lipinski definition) is 1. The number of rotatable bonds is 2. The van der Waals surface area contributed by atoms with Crippen LogP contribution in [-0.2, 0) is 6.54 Å². The third-order valence-electron chi connectivity index (χ3n) is 2.99. The fourth-order valence-corrected chi connectivity index (χ4v) is 2.10. The Morgan fingerprint density at radius 2 is 1.93 bits per heavy atom. The highest BCUT2D eigenvalue weighted by Gasteiger charge is 2.10. The highest BCUT2D eigenvalue weighted by Crippen LogP contribution is 2.24. The molecule has 0 aliphatic carbocycles. The molecule has 1 aromatic heterocycles. The van der Waals surface area contributed by atoms with Crippen molar-refractivity contribution in [1.29, 1.82) is 0 Å². The summed E-state index contributed by atoms with van der Waals surface area (Å²) in [5.41, 5.74) is 3.77. The normalized spacial score (nSPS) is 13.3. The van der Waals surface area contributed by atoms with Crippen LogP contribution in [0.15, 0.2) is 24.3 Å². The topological polar surface area (TPSA) is 25.2 Å². The van der Waals surface area contributed by atoms with E-state index in [4.69, 9.17) is 0 Å². The lowest BCUT2D eigenvalue weighted by Crippen LogP contribution is -2.12. The molecular weight excluding hydrogens is 186 g/mol. The van der Waals surface area contributed by atoms with E-state index in [1.807, 2.05) is 13.0 Å². The Labute approximate surface area is 90.2 Å². The lowest BCUT2D eigenvalue weighted by Gasteiger charge is -2.10. The number of nitrogens with zero attached hydrogens (tertiary/aromatic N) is 1. The van der Waals surface area contributed by atoms with Crippen LogP contribution in [0.1, 0.15) is 18.2 Å². The largest absolute Gasteiger partial charge is 0.392 e. The maximum atomic E-state index is 9.48. The highest BCUT2D eigenvalue weighted by atomic mass is 16.3. The number of fused-ring (bicyclic) bond motifs is 1. The van der Waals surface area contributed by atoms with Crippen molar-refractivity contribution in [3.05, 3.63) is 35.5 Å². The molecule has 0 fully saturated rings. The lowest BCUT2D eigenvalue weighted by atomic mass is 10.2. The Hall–Kier alpha value is -1.28. The molecule has 1 N–H and O–H groups in total. The summed E-state index contributed by atoms with van der Waals surface area (Å²) < 4.78 is 2.19. The molecule has 1 atom stereocenters. The van der Waals surface area contributed by atoms with Crippen LogP contribution in [0, 0.1) is 13.8 Å². The van der Waals surface area contributed by atoms with Crippen LogP contribution in [0.5, 0.6) is 0 Å². The SMILES string of the molecule is Cc1c(C)n(CC(C)O)c2ccccc12. The maximum absolute atomic E-state index is 9.48. The number of aryl methyl sites for hydroxylation is 1. The molecule has 1 heterocycles. The molecule has 0 spiro atoms. The van der Waals surface area contributed by atoms with Gasteiger partial charge in [-0.1, -0.05) is 18.2 Å². The molecule has 0 aliphatic rings. The third-order valence-corrected chi connectivity index (χ3v) is 2.99. The van der Waals surface area contributed by atoms with Crippen molar-refractivity contribution in [3.63, 3.8) is 0 Å². The Morgan fingerprint density at radius 3 is 2.60 bits per heavy atom. The summed E-state index contributed by atoms with van der Waals surface area (Å²) in [6.07, 6.45) is -0.307. The minimum absolute atomic E-state index is 0.307. The molecule has 80 valence electrons. The molecule has 0 bridgehead atoms. The fraction of sp³-hybridized carbons (Fsp3) is 0.385. The second-order valence-corrected chi connectivity index (χ2v) is 4.19. The Bertz CT molecular complexity index is 482. The van der Waals surface area contributed by atoms with Gasteiger partial charge in [0.25, 0.3) is 0 Å². The first-order chi connectivity index (χ1) is 7.11. The highest BCUT2D eigenvalue weighted by molar-refractivity contribution is 5.85. The Morgan fingerprint density at radius 1 is 1.27 bits per heavy atom. The molecule has 2 heteroatoms. The molecule has 0 saturated carbocycles. The number of hydrogen-bond acceptors (Lipinski definition) is 1. The lowest BCUT2D eigenvalue weighted by molar-refractivity contribution is 0.174. The molecule has 0 radical (unpaired) electrons. The zero-order valence-electron chi connectivity index (χ0n) is 9.49.